The summed E-state index contributed by atoms with van der Waals surface area (Å²) in [4.78, 5) is 17.0. The van der Waals surface area contributed by atoms with Crippen molar-refractivity contribution in [1.82, 2.24) is 4.98 Å². The number of nitrogens with two attached hydrogens (primary N) is 1. The van der Waals surface area contributed by atoms with Crippen LogP contribution in [0.3, 0.4) is 0 Å². The molecule has 1 aliphatic heterocycles. The molecule has 0 saturated carbocycles. The maximum absolute atomic E-state index is 11.1. The second-order valence-corrected chi connectivity index (χ2v) is 4.94. The van der Waals surface area contributed by atoms with Crippen molar-refractivity contribution in [2.24, 2.45) is 5.73 Å². The molecule has 2 aromatic rings. The molecule has 1 aliphatic rings. The fourth-order valence-electron chi connectivity index (χ4n) is 2.65. The van der Waals surface area contributed by atoms with Gasteiger partial charge in [-0.25, -0.2) is 4.98 Å². The monoisotopic (exact) mass is 288 g/mol. The van der Waals surface area contributed by atoms with E-state index in [4.69, 9.17) is 10.5 Å². The van der Waals surface area contributed by atoms with Crippen molar-refractivity contribution >= 4 is 22.3 Å². The number of hydrogen-bond acceptors (Lipinski definition) is 6. The molecule has 0 radical (unpaired) electrons. The third kappa shape index (κ3) is 2.53. The minimum atomic E-state index is -0.402. The topological polar surface area (TPSA) is 94.5 Å². The Hall–Kier alpha value is -2.25. The zero-order valence-corrected chi connectivity index (χ0v) is 11.4. The van der Waals surface area contributed by atoms with Crippen LogP contribution in [-0.4, -0.2) is 42.3 Å². The van der Waals surface area contributed by atoms with E-state index >= 15 is 0 Å². The predicted octanol–water partition coefficient (Wildman–Crippen LogP) is 1.31. The molecule has 0 bridgehead atoms. The summed E-state index contributed by atoms with van der Waals surface area (Å²) in [5.74, 6) is 0. The van der Waals surface area contributed by atoms with Crippen LogP contribution >= 0.6 is 0 Å². The molecule has 0 spiro atoms. The van der Waals surface area contributed by atoms with Gasteiger partial charge in [-0.05, 0) is 18.2 Å². The van der Waals surface area contributed by atoms with Crippen LogP contribution in [-0.2, 0) is 4.74 Å². The normalized spacial score (nSPS) is 18.9. The number of non-ortho nitro benzene ring substituents is 1. The molecule has 110 valence electrons. The summed E-state index contributed by atoms with van der Waals surface area (Å²) in [6, 6.07) is 6.94. The Bertz CT molecular complexity index is 676. The summed E-state index contributed by atoms with van der Waals surface area (Å²) in [5, 5.41) is 11.9. The lowest BCUT2D eigenvalue weighted by atomic mass is 10.1. The average molecular weight is 288 g/mol. The molecule has 0 amide bonds. The van der Waals surface area contributed by atoms with Gasteiger partial charge in [-0.1, -0.05) is 0 Å². The first kappa shape index (κ1) is 13.7. The molecule has 0 aliphatic carbocycles. The summed E-state index contributed by atoms with van der Waals surface area (Å²) in [5.41, 5.74) is 7.04. The number of rotatable bonds is 3. The highest BCUT2D eigenvalue weighted by Gasteiger charge is 2.23. The summed E-state index contributed by atoms with van der Waals surface area (Å²) >= 11 is 0. The van der Waals surface area contributed by atoms with Gasteiger partial charge < -0.3 is 15.4 Å². The van der Waals surface area contributed by atoms with Gasteiger partial charge in [-0.2, -0.15) is 0 Å². The number of pyridine rings is 1. The molecule has 7 nitrogen and oxygen atoms in total. The average Bonchev–Trinajstić information content (AvgIpc) is 2.53. The van der Waals surface area contributed by atoms with Gasteiger partial charge in [0.15, 0.2) is 0 Å². The number of aromatic nitrogens is 1. The zero-order chi connectivity index (χ0) is 14.8. The van der Waals surface area contributed by atoms with Crippen LogP contribution in [0.1, 0.15) is 0 Å². The molecular weight excluding hydrogens is 272 g/mol. The van der Waals surface area contributed by atoms with E-state index in [1.54, 1.807) is 18.3 Å². The SMILES string of the molecule is NCC1CN(c2ccc([N+](=O)[O-])c3ncccc23)CCO1. The van der Waals surface area contributed by atoms with Crippen molar-refractivity contribution in [1.29, 1.82) is 0 Å². The first-order valence-electron chi connectivity index (χ1n) is 6.79. The van der Waals surface area contributed by atoms with E-state index in [-0.39, 0.29) is 11.8 Å². The van der Waals surface area contributed by atoms with Crippen LogP contribution in [0.5, 0.6) is 0 Å². The Kier molecular flexibility index (Phi) is 3.68. The fourth-order valence-corrected chi connectivity index (χ4v) is 2.65. The lowest BCUT2D eigenvalue weighted by Gasteiger charge is -2.34. The van der Waals surface area contributed by atoms with E-state index in [2.05, 4.69) is 9.88 Å². The quantitative estimate of drug-likeness (QED) is 0.676. The lowest BCUT2D eigenvalue weighted by molar-refractivity contribution is -0.383. The summed E-state index contributed by atoms with van der Waals surface area (Å²) in [6.45, 7) is 2.47. The Morgan fingerprint density at radius 3 is 3.10 bits per heavy atom. The number of nitro benzene ring substituents is 1. The summed E-state index contributed by atoms with van der Waals surface area (Å²) in [7, 11) is 0. The van der Waals surface area contributed by atoms with Crippen LogP contribution in [0.15, 0.2) is 30.5 Å². The van der Waals surface area contributed by atoms with Crippen molar-refractivity contribution in [3.63, 3.8) is 0 Å². The van der Waals surface area contributed by atoms with Crippen molar-refractivity contribution < 1.29 is 9.66 Å². The van der Waals surface area contributed by atoms with Gasteiger partial charge in [0.25, 0.3) is 5.69 Å². The number of benzene rings is 1. The van der Waals surface area contributed by atoms with Crippen LogP contribution in [0.4, 0.5) is 11.4 Å². The zero-order valence-electron chi connectivity index (χ0n) is 11.4. The van der Waals surface area contributed by atoms with E-state index in [0.29, 0.717) is 25.2 Å². The molecule has 2 N–H and O–H groups in total. The minimum absolute atomic E-state index is 0.0133. The number of hydrogen-bond donors (Lipinski definition) is 1. The van der Waals surface area contributed by atoms with Crippen molar-refractivity contribution in [3.05, 3.63) is 40.6 Å². The van der Waals surface area contributed by atoms with E-state index in [0.717, 1.165) is 17.6 Å². The number of nitro groups is 1. The molecule has 1 saturated heterocycles. The molecule has 21 heavy (non-hydrogen) atoms. The second-order valence-electron chi connectivity index (χ2n) is 4.94. The number of morpholine rings is 1. The van der Waals surface area contributed by atoms with Crippen LogP contribution < -0.4 is 10.6 Å². The molecule has 2 heterocycles. The molecular formula is C14H16N4O3. The lowest BCUT2D eigenvalue weighted by Crippen LogP contribution is -2.45. The third-order valence-corrected chi connectivity index (χ3v) is 3.66. The number of ether oxygens (including phenoxy) is 1. The second kappa shape index (κ2) is 5.63. The van der Waals surface area contributed by atoms with Gasteiger partial charge in [0.2, 0.25) is 0 Å². The molecule has 3 rings (SSSR count). The van der Waals surface area contributed by atoms with Crippen molar-refractivity contribution in [2.75, 3.05) is 31.1 Å². The number of anilines is 1. The van der Waals surface area contributed by atoms with E-state index < -0.39 is 4.92 Å². The Balaban J connectivity index is 2.07. The fraction of sp³-hybridized carbons (Fsp3) is 0.357. The smallest absolute Gasteiger partial charge is 0.295 e. The van der Waals surface area contributed by atoms with Crippen LogP contribution in [0.25, 0.3) is 10.9 Å². The van der Waals surface area contributed by atoms with Gasteiger partial charge in [0.1, 0.15) is 5.52 Å². The molecule has 1 unspecified atom stereocenters. The van der Waals surface area contributed by atoms with Gasteiger partial charge >= 0.3 is 0 Å². The van der Waals surface area contributed by atoms with Gasteiger partial charge in [-0.15, -0.1) is 0 Å². The van der Waals surface area contributed by atoms with Gasteiger partial charge in [0, 0.05) is 43.0 Å². The van der Waals surface area contributed by atoms with E-state index in [1.165, 1.54) is 6.07 Å². The number of nitrogens with zero attached hydrogens (tertiary/aromatic N) is 3. The highest BCUT2D eigenvalue weighted by molar-refractivity contribution is 5.97. The van der Waals surface area contributed by atoms with Gasteiger partial charge in [0.05, 0.1) is 17.6 Å². The molecule has 1 atom stereocenters. The predicted molar refractivity (Wildman–Crippen MR) is 79.4 cm³/mol. The summed E-state index contributed by atoms with van der Waals surface area (Å²) in [6.07, 6.45) is 1.56. The first-order valence-corrected chi connectivity index (χ1v) is 6.79. The van der Waals surface area contributed by atoms with Crippen molar-refractivity contribution in [3.8, 4) is 0 Å². The van der Waals surface area contributed by atoms with Crippen LogP contribution in [0, 0.1) is 10.1 Å². The highest BCUT2D eigenvalue weighted by Crippen LogP contribution is 2.32. The molecule has 1 aromatic carbocycles. The Morgan fingerprint density at radius 2 is 2.33 bits per heavy atom. The molecule has 1 aromatic heterocycles. The third-order valence-electron chi connectivity index (χ3n) is 3.66. The minimum Gasteiger partial charge on any atom is -0.373 e. The standard InChI is InChI=1S/C14H16N4O3/c15-8-10-9-17(6-7-21-10)12-3-4-13(18(19)20)14-11(12)2-1-5-16-14/h1-5,10H,6-9,15H2. The van der Waals surface area contributed by atoms with Gasteiger partial charge in [-0.3, -0.25) is 10.1 Å². The first-order chi connectivity index (χ1) is 10.2. The van der Waals surface area contributed by atoms with Crippen molar-refractivity contribution in [2.45, 2.75) is 6.10 Å². The maximum Gasteiger partial charge on any atom is 0.295 e. The molecule has 1 fully saturated rings. The summed E-state index contributed by atoms with van der Waals surface area (Å²) < 4.78 is 5.56. The Morgan fingerprint density at radius 1 is 1.48 bits per heavy atom. The van der Waals surface area contributed by atoms with E-state index in [1.807, 2.05) is 6.07 Å². The van der Waals surface area contributed by atoms with Crippen LogP contribution in [0.2, 0.25) is 0 Å². The van der Waals surface area contributed by atoms with E-state index in [9.17, 15) is 10.1 Å². The highest BCUT2D eigenvalue weighted by atomic mass is 16.6. The number of fused-ring (bicyclic) bond motifs is 1. The molecule has 7 heteroatoms. The Labute approximate surface area is 121 Å². The largest absolute Gasteiger partial charge is 0.373 e. The maximum atomic E-state index is 11.1.